The molecule has 0 atom stereocenters. The summed E-state index contributed by atoms with van der Waals surface area (Å²) in [6, 6.07) is 0. The average Bonchev–Trinajstić information content (AvgIpc) is 2.90. The van der Waals surface area contributed by atoms with E-state index in [0.717, 1.165) is 36.1 Å². The molecule has 0 fully saturated rings. The van der Waals surface area contributed by atoms with Crippen molar-refractivity contribution in [1.82, 2.24) is 0 Å². The second kappa shape index (κ2) is 8.10. The van der Waals surface area contributed by atoms with Crippen LogP contribution in [0.2, 0.25) is 0 Å². The predicted molar refractivity (Wildman–Crippen MR) is 86.8 cm³/mol. The lowest BCUT2D eigenvalue weighted by Gasteiger charge is -2.12. The standard InChI is InChI=1S/C16H21NO5S/c1-3-13(19)22-9-12(18)17-15-14(16(20)21-4-2)10-7-5-6-8-11(10)23-15/h3-9H2,1-2H3,(H,17,18). The van der Waals surface area contributed by atoms with E-state index in [1.807, 2.05) is 0 Å². The van der Waals surface area contributed by atoms with Crippen LogP contribution in [0.3, 0.4) is 0 Å². The highest BCUT2D eigenvalue weighted by Crippen LogP contribution is 2.38. The fourth-order valence-corrected chi connectivity index (χ4v) is 3.78. The minimum Gasteiger partial charge on any atom is -0.462 e. The van der Waals surface area contributed by atoms with E-state index in [2.05, 4.69) is 5.32 Å². The van der Waals surface area contributed by atoms with Crippen molar-refractivity contribution < 1.29 is 23.9 Å². The number of carbonyl (C=O) groups is 3. The van der Waals surface area contributed by atoms with Gasteiger partial charge in [-0.3, -0.25) is 9.59 Å². The Kier molecular flexibility index (Phi) is 6.15. The first-order valence-electron chi connectivity index (χ1n) is 7.83. The Labute approximate surface area is 139 Å². The van der Waals surface area contributed by atoms with Crippen LogP contribution < -0.4 is 5.32 Å². The highest BCUT2D eigenvalue weighted by molar-refractivity contribution is 7.17. The fourth-order valence-electron chi connectivity index (χ4n) is 2.48. The van der Waals surface area contributed by atoms with E-state index in [9.17, 15) is 14.4 Å². The van der Waals surface area contributed by atoms with Gasteiger partial charge in [-0.2, -0.15) is 0 Å². The summed E-state index contributed by atoms with van der Waals surface area (Å²) in [5, 5.41) is 3.18. The average molecular weight is 339 g/mol. The molecule has 1 aliphatic carbocycles. The van der Waals surface area contributed by atoms with Crippen molar-refractivity contribution in [3.8, 4) is 0 Å². The van der Waals surface area contributed by atoms with E-state index in [0.29, 0.717) is 10.6 Å². The Hall–Kier alpha value is -1.89. The maximum Gasteiger partial charge on any atom is 0.341 e. The van der Waals surface area contributed by atoms with Gasteiger partial charge in [-0.05, 0) is 38.2 Å². The molecule has 1 aromatic heterocycles. The van der Waals surface area contributed by atoms with Crippen LogP contribution in [0.4, 0.5) is 5.00 Å². The molecular weight excluding hydrogens is 318 g/mol. The first-order chi connectivity index (χ1) is 11.1. The number of aryl methyl sites for hydroxylation is 1. The predicted octanol–water partition coefficient (Wildman–Crippen LogP) is 2.70. The Morgan fingerprint density at radius 3 is 2.57 bits per heavy atom. The van der Waals surface area contributed by atoms with Gasteiger partial charge in [0.2, 0.25) is 0 Å². The van der Waals surface area contributed by atoms with E-state index in [4.69, 9.17) is 9.47 Å². The minimum absolute atomic E-state index is 0.217. The van der Waals surface area contributed by atoms with Gasteiger partial charge in [-0.15, -0.1) is 11.3 Å². The molecule has 0 bridgehead atoms. The zero-order valence-corrected chi connectivity index (χ0v) is 14.2. The molecule has 0 saturated heterocycles. The lowest BCUT2D eigenvalue weighted by atomic mass is 9.95. The van der Waals surface area contributed by atoms with Crippen LogP contribution in [0.5, 0.6) is 0 Å². The molecule has 1 heterocycles. The number of rotatable bonds is 6. The van der Waals surface area contributed by atoms with Gasteiger partial charge in [-0.1, -0.05) is 6.92 Å². The lowest BCUT2D eigenvalue weighted by Crippen LogP contribution is -2.21. The van der Waals surface area contributed by atoms with Crippen LogP contribution >= 0.6 is 11.3 Å². The summed E-state index contributed by atoms with van der Waals surface area (Å²) in [6.07, 6.45) is 4.05. The van der Waals surface area contributed by atoms with Gasteiger partial charge >= 0.3 is 11.9 Å². The third kappa shape index (κ3) is 4.31. The van der Waals surface area contributed by atoms with Crippen molar-refractivity contribution in [2.75, 3.05) is 18.5 Å². The number of hydrogen-bond donors (Lipinski definition) is 1. The molecule has 126 valence electrons. The van der Waals surface area contributed by atoms with Crippen LogP contribution in [0.25, 0.3) is 0 Å². The largest absolute Gasteiger partial charge is 0.462 e. The second-order valence-corrected chi connectivity index (χ2v) is 6.30. The van der Waals surface area contributed by atoms with E-state index >= 15 is 0 Å². The Bertz CT molecular complexity index is 608. The smallest absolute Gasteiger partial charge is 0.341 e. The molecule has 0 spiro atoms. The Morgan fingerprint density at radius 2 is 1.87 bits per heavy atom. The molecule has 0 unspecified atom stereocenters. The van der Waals surface area contributed by atoms with Gasteiger partial charge in [0, 0.05) is 11.3 Å². The number of nitrogens with one attached hydrogen (secondary N) is 1. The summed E-state index contributed by atoms with van der Waals surface area (Å²) in [4.78, 5) is 36.4. The van der Waals surface area contributed by atoms with Crippen molar-refractivity contribution in [2.45, 2.75) is 46.0 Å². The van der Waals surface area contributed by atoms with Crippen LogP contribution in [-0.2, 0) is 31.9 Å². The number of fused-ring (bicyclic) bond motifs is 1. The summed E-state index contributed by atoms with van der Waals surface area (Å²) in [6.45, 7) is 3.34. The third-order valence-electron chi connectivity index (χ3n) is 3.56. The molecule has 2 rings (SSSR count). The summed E-state index contributed by atoms with van der Waals surface area (Å²) >= 11 is 1.41. The molecule has 0 aromatic carbocycles. The quantitative estimate of drug-likeness (QED) is 0.806. The highest BCUT2D eigenvalue weighted by atomic mass is 32.1. The zero-order valence-electron chi connectivity index (χ0n) is 13.4. The molecule has 0 saturated carbocycles. The summed E-state index contributed by atoms with van der Waals surface area (Å²) in [5.74, 6) is -1.29. The molecule has 0 aliphatic heterocycles. The van der Waals surface area contributed by atoms with Crippen molar-refractivity contribution in [3.63, 3.8) is 0 Å². The normalized spacial score (nSPS) is 13.1. The molecule has 1 aliphatic rings. The topological polar surface area (TPSA) is 81.7 Å². The number of thiophene rings is 1. The zero-order chi connectivity index (χ0) is 16.8. The molecule has 0 radical (unpaired) electrons. The van der Waals surface area contributed by atoms with Crippen LogP contribution in [0.15, 0.2) is 0 Å². The molecular formula is C16H21NO5S. The van der Waals surface area contributed by atoms with Gasteiger partial charge in [0.1, 0.15) is 5.00 Å². The summed E-state index contributed by atoms with van der Waals surface area (Å²) in [7, 11) is 0. The monoisotopic (exact) mass is 339 g/mol. The van der Waals surface area contributed by atoms with Crippen LogP contribution in [0, 0.1) is 0 Å². The second-order valence-electron chi connectivity index (χ2n) is 5.20. The van der Waals surface area contributed by atoms with E-state index in [1.165, 1.54) is 11.3 Å². The molecule has 23 heavy (non-hydrogen) atoms. The first-order valence-corrected chi connectivity index (χ1v) is 8.65. The van der Waals surface area contributed by atoms with E-state index < -0.39 is 17.8 Å². The number of esters is 2. The highest BCUT2D eigenvalue weighted by Gasteiger charge is 2.27. The molecule has 1 aromatic rings. The van der Waals surface area contributed by atoms with Crippen molar-refractivity contribution in [1.29, 1.82) is 0 Å². The van der Waals surface area contributed by atoms with Gasteiger partial charge in [0.25, 0.3) is 5.91 Å². The number of hydrogen-bond acceptors (Lipinski definition) is 6. The van der Waals surface area contributed by atoms with Gasteiger partial charge < -0.3 is 14.8 Å². The maximum atomic E-state index is 12.2. The van der Waals surface area contributed by atoms with Crippen molar-refractivity contribution in [2.24, 2.45) is 0 Å². The van der Waals surface area contributed by atoms with E-state index in [-0.39, 0.29) is 19.6 Å². The SMILES string of the molecule is CCOC(=O)c1c(NC(=O)COC(=O)CC)sc2c1CCCC2. The molecule has 1 amide bonds. The van der Waals surface area contributed by atoms with Crippen molar-refractivity contribution >= 4 is 34.2 Å². The van der Waals surface area contributed by atoms with Gasteiger partial charge in [0.05, 0.1) is 12.2 Å². The Morgan fingerprint density at radius 1 is 1.13 bits per heavy atom. The molecule has 6 nitrogen and oxygen atoms in total. The van der Waals surface area contributed by atoms with Gasteiger partial charge in [-0.25, -0.2) is 4.79 Å². The summed E-state index contributed by atoms with van der Waals surface area (Å²) in [5.41, 5.74) is 1.45. The minimum atomic E-state index is -0.448. The molecule has 1 N–H and O–H groups in total. The fraction of sp³-hybridized carbons (Fsp3) is 0.562. The maximum absolute atomic E-state index is 12.2. The molecule has 7 heteroatoms. The summed E-state index contributed by atoms with van der Waals surface area (Å²) < 4.78 is 9.93. The van der Waals surface area contributed by atoms with E-state index in [1.54, 1.807) is 13.8 Å². The first kappa shape index (κ1) is 17.5. The van der Waals surface area contributed by atoms with Crippen molar-refractivity contribution in [3.05, 3.63) is 16.0 Å². The Balaban J connectivity index is 2.17. The number of ether oxygens (including phenoxy) is 2. The third-order valence-corrected chi connectivity index (χ3v) is 4.76. The number of anilines is 1. The van der Waals surface area contributed by atoms with Crippen LogP contribution in [0.1, 0.15) is 53.9 Å². The van der Waals surface area contributed by atoms with Crippen LogP contribution in [-0.4, -0.2) is 31.1 Å². The number of amides is 1. The lowest BCUT2D eigenvalue weighted by molar-refractivity contribution is -0.146. The number of carbonyl (C=O) groups excluding carboxylic acids is 3. The van der Waals surface area contributed by atoms with Gasteiger partial charge in [0.15, 0.2) is 6.61 Å².